The molecule has 0 aromatic heterocycles. The van der Waals surface area contributed by atoms with Gasteiger partial charge in [-0.15, -0.1) is 0 Å². The van der Waals surface area contributed by atoms with E-state index in [-0.39, 0.29) is 0 Å². The van der Waals surface area contributed by atoms with E-state index in [4.69, 9.17) is 0 Å². The molecular weight excluding hydrogens is 230 g/mol. The van der Waals surface area contributed by atoms with Gasteiger partial charge in [-0.05, 0) is 48.7 Å². The Balaban J connectivity index is 1.58. The van der Waals surface area contributed by atoms with E-state index in [0.29, 0.717) is 0 Å². The van der Waals surface area contributed by atoms with Gasteiger partial charge >= 0.3 is 0 Å². The molecule has 2 aliphatic rings. The topological polar surface area (TPSA) is 3.24 Å². The van der Waals surface area contributed by atoms with Crippen molar-refractivity contribution < 1.29 is 0 Å². The molecule has 102 valence electrons. The lowest BCUT2D eigenvalue weighted by Gasteiger charge is -2.19. The molecule has 2 unspecified atom stereocenters. The maximum Gasteiger partial charge on any atom is 0.0234 e. The molecule has 1 aliphatic heterocycles. The van der Waals surface area contributed by atoms with Crippen LogP contribution in [-0.2, 0) is 0 Å². The number of benzene rings is 1. The Labute approximate surface area is 117 Å². The van der Waals surface area contributed by atoms with Crippen LogP contribution in [0.4, 0.5) is 0 Å². The van der Waals surface area contributed by atoms with Crippen molar-refractivity contribution in [1.29, 1.82) is 0 Å². The molecule has 0 N–H and O–H groups in total. The molecule has 1 aromatic rings. The third-order valence-corrected chi connectivity index (χ3v) is 4.94. The van der Waals surface area contributed by atoms with Crippen molar-refractivity contribution in [1.82, 2.24) is 4.90 Å². The molecule has 0 bridgehead atoms. The van der Waals surface area contributed by atoms with Crippen molar-refractivity contribution in [2.24, 2.45) is 17.8 Å². The fourth-order valence-corrected chi connectivity index (χ4v) is 3.98. The third kappa shape index (κ3) is 2.76. The van der Waals surface area contributed by atoms with Crippen LogP contribution in [0, 0.1) is 24.7 Å². The highest BCUT2D eigenvalue weighted by molar-refractivity contribution is 5.64. The summed E-state index contributed by atoms with van der Waals surface area (Å²) in [7, 11) is 0. The van der Waals surface area contributed by atoms with E-state index in [1.807, 2.05) is 0 Å². The zero-order valence-corrected chi connectivity index (χ0v) is 12.2. The van der Waals surface area contributed by atoms with Gasteiger partial charge in [-0.3, -0.25) is 4.90 Å². The molecule has 0 radical (unpaired) electrons. The van der Waals surface area contributed by atoms with Gasteiger partial charge in [0.25, 0.3) is 0 Å². The predicted octanol–water partition coefficient (Wildman–Crippen LogP) is 3.99. The molecule has 3 rings (SSSR count). The second kappa shape index (κ2) is 5.13. The number of hydrogen-bond acceptors (Lipinski definition) is 1. The Morgan fingerprint density at radius 2 is 1.74 bits per heavy atom. The van der Waals surface area contributed by atoms with Crippen LogP contribution in [0.2, 0.25) is 0 Å². The van der Waals surface area contributed by atoms with Crippen molar-refractivity contribution in [3.63, 3.8) is 0 Å². The van der Waals surface area contributed by atoms with Gasteiger partial charge in [0.15, 0.2) is 0 Å². The first-order valence-electron chi connectivity index (χ1n) is 7.59. The van der Waals surface area contributed by atoms with Gasteiger partial charge in [-0.2, -0.15) is 0 Å². The number of likely N-dealkylation sites (tertiary alicyclic amines) is 1. The van der Waals surface area contributed by atoms with E-state index in [1.165, 1.54) is 42.6 Å². The smallest absolute Gasteiger partial charge is 0.0234 e. The average Bonchev–Trinajstić information content (AvgIpc) is 2.86. The number of hydrogen-bond donors (Lipinski definition) is 0. The molecular formula is C18H25N. The second-order valence-electron chi connectivity index (χ2n) is 6.76. The molecule has 1 heteroatoms. The fraction of sp³-hybridized carbons (Fsp3) is 0.556. The summed E-state index contributed by atoms with van der Waals surface area (Å²) in [4.78, 5) is 2.61. The normalized spacial score (nSPS) is 30.5. The van der Waals surface area contributed by atoms with Gasteiger partial charge in [0.2, 0.25) is 0 Å². The van der Waals surface area contributed by atoms with E-state index in [9.17, 15) is 0 Å². The molecule has 2 atom stereocenters. The Bertz CT molecular complexity index is 445. The Hall–Kier alpha value is -1.08. The van der Waals surface area contributed by atoms with E-state index in [0.717, 1.165) is 24.3 Å². The quantitative estimate of drug-likeness (QED) is 0.789. The molecule has 1 nitrogen and oxygen atoms in total. The monoisotopic (exact) mass is 255 g/mol. The zero-order valence-electron chi connectivity index (χ0n) is 12.2. The molecule has 1 heterocycles. The minimum absolute atomic E-state index is 0.956. The standard InChI is InChI=1S/C18H25N/c1-13-4-6-16(7-5-13)15(3)10-19-11-17-8-14(2)9-18(17)12-19/h4-7,14,17-18H,3,8-12H2,1-2H3. The van der Waals surface area contributed by atoms with Gasteiger partial charge in [0, 0.05) is 19.6 Å². The van der Waals surface area contributed by atoms with Gasteiger partial charge in [-0.1, -0.05) is 43.3 Å². The fourth-order valence-electron chi connectivity index (χ4n) is 3.98. The highest BCUT2D eigenvalue weighted by Crippen LogP contribution is 2.41. The summed E-state index contributed by atoms with van der Waals surface area (Å²) in [5.41, 5.74) is 3.89. The van der Waals surface area contributed by atoms with Crippen LogP contribution in [-0.4, -0.2) is 24.5 Å². The summed E-state index contributed by atoms with van der Waals surface area (Å²) >= 11 is 0. The lowest BCUT2D eigenvalue weighted by Crippen LogP contribution is -2.24. The van der Waals surface area contributed by atoms with Crippen LogP contribution in [0.5, 0.6) is 0 Å². The minimum Gasteiger partial charge on any atom is -0.299 e. The summed E-state index contributed by atoms with van der Waals surface area (Å²) in [6.45, 7) is 12.5. The van der Waals surface area contributed by atoms with Crippen molar-refractivity contribution in [2.75, 3.05) is 19.6 Å². The Morgan fingerprint density at radius 1 is 1.16 bits per heavy atom. The minimum atomic E-state index is 0.956. The van der Waals surface area contributed by atoms with Crippen LogP contribution in [0.25, 0.3) is 5.57 Å². The summed E-state index contributed by atoms with van der Waals surface area (Å²) in [6.07, 6.45) is 2.89. The van der Waals surface area contributed by atoms with Crippen LogP contribution >= 0.6 is 0 Å². The summed E-state index contributed by atoms with van der Waals surface area (Å²) in [6, 6.07) is 8.77. The Morgan fingerprint density at radius 3 is 2.32 bits per heavy atom. The maximum atomic E-state index is 4.29. The van der Waals surface area contributed by atoms with Gasteiger partial charge in [0.05, 0.1) is 0 Å². The maximum absolute atomic E-state index is 4.29. The summed E-state index contributed by atoms with van der Waals surface area (Å²) in [5, 5.41) is 0. The number of rotatable bonds is 3. The zero-order chi connectivity index (χ0) is 13.4. The SMILES string of the molecule is C=C(CN1CC2CC(C)CC2C1)c1ccc(C)cc1. The van der Waals surface area contributed by atoms with Crippen LogP contribution in [0.15, 0.2) is 30.8 Å². The molecule has 1 saturated carbocycles. The van der Waals surface area contributed by atoms with Crippen LogP contribution < -0.4 is 0 Å². The molecule has 1 saturated heterocycles. The molecule has 19 heavy (non-hydrogen) atoms. The van der Waals surface area contributed by atoms with Gasteiger partial charge in [0.1, 0.15) is 0 Å². The number of fused-ring (bicyclic) bond motifs is 1. The lowest BCUT2D eigenvalue weighted by molar-refractivity contribution is 0.334. The van der Waals surface area contributed by atoms with E-state index < -0.39 is 0 Å². The average molecular weight is 255 g/mol. The Kier molecular flexibility index (Phi) is 3.49. The molecule has 1 aliphatic carbocycles. The first-order valence-corrected chi connectivity index (χ1v) is 7.59. The first kappa shape index (κ1) is 12.9. The molecule has 1 aromatic carbocycles. The number of nitrogens with zero attached hydrogens (tertiary/aromatic N) is 1. The van der Waals surface area contributed by atoms with Crippen molar-refractivity contribution in [3.05, 3.63) is 42.0 Å². The van der Waals surface area contributed by atoms with Gasteiger partial charge < -0.3 is 0 Å². The molecule has 0 amide bonds. The van der Waals surface area contributed by atoms with E-state index in [1.54, 1.807) is 0 Å². The third-order valence-electron chi connectivity index (χ3n) is 4.94. The lowest BCUT2D eigenvalue weighted by atomic mass is 10.0. The molecule has 2 fully saturated rings. The first-order chi connectivity index (χ1) is 9.11. The van der Waals surface area contributed by atoms with Crippen molar-refractivity contribution >= 4 is 5.57 Å². The van der Waals surface area contributed by atoms with Crippen molar-refractivity contribution in [3.8, 4) is 0 Å². The highest BCUT2D eigenvalue weighted by Gasteiger charge is 2.38. The van der Waals surface area contributed by atoms with Crippen LogP contribution in [0.3, 0.4) is 0 Å². The van der Waals surface area contributed by atoms with Crippen molar-refractivity contribution in [2.45, 2.75) is 26.7 Å². The van der Waals surface area contributed by atoms with E-state index >= 15 is 0 Å². The molecule has 0 spiro atoms. The summed E-state index contributed by atoms with van der Waals surface area (Å²) in [5.74, 6) is 2.87. The largest absolute Gasteiger partial charge is 0.299 e. The van der Waals surface area contributed by atoms with Crippen LogP contribution in [0.1, 0.15) is 30.9 Å². The highest BCUT2D eigenvalue weighted by atomic mass is 15.2. The second-order valence-corrected chi connectivity index (χ2v) is 6.76. The predicted molar refractivity (Wildman–Crippen MR) is 82.0 cm³/mol. The van der Waals surface area contributed by atoms with E-state index in [2.05, 4.69) is 49.6 Å². The summed E-state index contributed by atoms with van der Waals surface area (Å²) < 4.78 is 0. The van der Waals surface area contributed by atoms with Gasteiger partial charge in [-0.25, -0.2) is 0 Å². The number of aryl methyl sites for hydroxylation is 1.